The van der Waals surface area contributed by atoms with Crippen LogP contribution in [0.25, 0.3) is 0 Å². The lowest BCUT2D eigenvalue weighted by molar-refractivity contribution is -0.127. The molecule has 0 aliphatic carbocycles. The van der Waals surface area contributed by atoms with Gasteiger partial charge in [0.15, 0.2) is 0 Å². The molecule has 0 aliphatic heterocycles. The van der Waals surface area contributed by atoms with Crippen molar-refractivity contribution in [2.75, 3.05) is 13.2 Å². The van der Waals surface area contributed by atoms with Crippen LogP contribution in [0.5, 0.6) is 0 Å². The zero-order chi connectivity index (χ0) is 10.8. The first-order valence-electron chi connectivity index (χ1n) is 5.31. The summed E-state index contributed by atoms with van der Waals surface area (Å²) in [6.45, 7) is 5.03. The quantitative estimate of drug-likeness (QED) is 0.423. The minimum atomic E-state index is -0.00616. The Balaban J connectivity index is 3.31. The molecule has 14 heavy (non-hydrogen) atoms. The molecule has 0 heterocycles. The van der Waals surface area contributed by atoms with Crippen molar-refractivity contribution in [2.24, 2.45) is 0 Å². The summed E-state index contributed by atoms with van der Waals surface area (Å²) in [4.78, 5) is 22.0. The van der Waals surface area contributed by atoms with E-state index in [9.17, 15) is 9.59 Å². The molecule has 0 fully saturated rings. The summed E-state index contributed by atoms with van der Waals surface area (Å²) < 4.78 is 5.23. The van der Waals surface area contributed by atoms with Crippen molar-refractivity contribution < 1.29 is 14.3 Å². The lowest BCUT2D eigenvalue weighted by Crippen LogP contribution is -2.09. The number of hydrogen-bond acceptors (Lipinski definition) is 3. The number of carbonyl (C=O) groups is 2. The molecule has 0 saturated heterocycles. The van der Waals surface area contributed by atoms with Gasteiger partial charge in [-0.15, -0.1) is 0 Å². The highest BCUT2D eigenvalue weighted by Gasteiger charge is 2.06. The van der Waals surface area contributed by atoms with Gasteiger partial charge in [0.25, 0.3) is 0 Å². The predicted octanol–water partition coefficient (Wildman–Crippen LogP) is 2.13. The summed E-state index contributed by atoms with van der Waals surface area (Å²) >= 11 is 0. The minimum absolute atomic E-state index is 0.00616. The third-order valence-corrected chi connectivity index (χ3v) is 1.96. The molecule has 0 aromatic heterocycles. The summed E-state index contributed by atoms with van der Waals surface area (Å²) in [7, 11) is 0. The Morgan fingerprint density at radius 3 is 2.36 bits per heavy atom. The second-order valence-corrected chi connectivity index (χ2v) is 3.32. The number of carbonyl (C=O) groups excluding carboxylic acids is 2. The number of hydrogen-bond donors (Lipinski definition) is 0. The third-order valence-electron chi connectivity index (χ3n) is 1.96. The van der Waals surface area contributed by atoms with Gasteiger partial charge in [-0.2, -0.15) is 0 Å². The smallest absolute Gasteiger partial charge is 0.142 e. The fourth-order valence-corrected chi connectivity index (χ4v) is 0.968. The lowest BCUT2D eigenvalue weighted by atomic mass is 10.1. The summed E-state index contributed by atoms with van der Waals surface area (Å²) in [5.41, 5.74) is 0. The fourth-order valence-electron chi connectivity index (χ4n) is 0.968. The molecule has 0 aliphatic rings. The lowest BCUT2D eigenvalue weighted by Gasteiger charge is -2.01. The number of ketones is 2. The topological polar surface area (TPSA) is 43.4 Å². The average Bonchev–Trinajstić information content (AvgIpc) is 2.17. The van der Waals surface area contributed by atoms with E-state index < -0.39 is 0 Å². The Morgan fingerprint density at radius 2 is 1.79 bits per heavy atom. The van der Waals surface area contributed by atoms with Gasteiger partial charge >= 0.3 is 0 Å². The Labute approximate surface area is 85.8 Å². The number of Topliss-reactive ketones (excluding diaryl/α,β-unsaturated/α-hetero) is 2. The summed E-state index contributed by atoms with van der Waals surface area (Å²) in [5.74, 6) is 0.0110. The van der Waals surface area contributed by atoms with Crippen LogP contribution in [-0.4, -0.2) is 24.8 Å². The molecule has 0 aromatic carbocycles. The maximum atomic E-state index is 11.1. The molecule has 0 bridgehead atoms. The molecule has 3 nitrogen and oxygen atoms in total. The van der Waals surface area contributed by atoms with E-state index in [0.717, 1.165) is 12.8 Å². The van der Waals surface area contributed by atoms with E-state index >= 15 is 0 Å². The van der Waals surface area contributed by atoms with Crippen LogP contribution < -0.4 is 0 Å². The van der Waals surface area contributed by atoms with Gasteiger partial charge in [0.1, 0.15) is 11.6 Å². The van der Waals surface area contributed by atoms with E-state index in [1.807, 2.05) is 0 Å². The maximum Gasteiger partial charge on any atom is 0.142 e. The van der Waals surface area contributed by atoms with Crippen LogP contribution in [0.2, 0.25) is 0 Å². The highest BCUT2D eigenvalue weighted by atomic mass is 16.5. The van der Waals surface area contributed by atoms with Crippen LogP contribution in [0.4, 0.5) is 0 Å². The SMILES string of the molecule is CCCCOCCC(=O)CC(=O)CC. The van der Waals surface area contributed by atoms with Crippen molar-refractivity contribution >= 4 is 11.6 Å². The fraction of sp³-hybridized carbons (Fsp3) is 0.818. The van der Waals surface area contributed by atoms with E-state index in [2.05, 4.69) is 6.92 Å². The third kappa shape index (κ3) is 7.92. The second kappa shape index (κ2) is 8.88. The first kappa shape index (κ1) is 13.3. The van der Waals surface area contributed by atoms with Gasteiger partial charge in [-0.05, 0) is 6.42 Å². The van der Waals surface area contributed by atoms with Gasteiger partial charge in [0.2, 0.25) is 0 Å². The van der Waals surface area contributed by atoms with Crippen molar-refractivity contribution in [3.8, 4) is 0 Å². The van der Waals surface area contributed by atoms with Crippen molar-refractivity contribution in [3.63, 3.8) is 0 Å². The Bertz CT molecular complexity index is 175. The Hall–Kier alpha value is -0.700. The maximum absolute atomic E-state index is 11.1. The molecule has 0 aromatic rings. The van der Waals surface area contributed by atoms with Gasteiger partial charge in [0, 0.05) is 19.4 Å². The largest absolute Gasteiger partial charge is 0.381 e. The molecule has 0 N–H and O–H groups in total. The van der Waals surface area contributed by atoms with Crippen LogP contribution in [0, 0.1) is 0 Å². The van der Waals surface area contributed by atoms with Gasteiger partial charge in [-0.25, -0.2) is 0 Å². The number of unbranched alkanes of at least 4 members (excludes halogenated alkanes) is 1. The summed E-state index contributed by atoms with van der Waals surface area (Å²) in [5, 5.41) is 0. The molecular formula is C11H20O3. The van der Waals surface area contributed by atoms with E-state index in [1.54, 1.807) is 6.92 Å². The number of rotatable bonds is 9. The molecule has 0 unspecified atom stereocenters. The van der Waals surface area contributed by atoms with Gasteiger partial charge in [-0.3, -0.25) is 9.59 Å². The molecular weight excluding hydrogens is 180 g/mol. The van der Waals surface area contributed by atoms with Gasteiger partial charge in [-0.1, -0.05) is 20.3 Å². The zero-order valence-electron chi connectivity index (χ0n) is 9.17. The Morgan fingerprint density at radius 1 is 1.07 bits per heavy atom. The first-order chi connectivity index (χ1) is 6.70. The normalized spacial score (nSPS) is 10.1. The standard InChI is InChI=1S/C11H20O3/c1-3-5-7-14-8-6-11(13)9-10(12)4-2/h3-9H2,1-2H3. The monoisotopic (exact) mass is 200 g/mol. The van der Waals surface area contributed by atoms with Crippen LogP contribution in [0.3, 0.4) is 0 Å². The van der Waals surface area contributed by atoms with Gasteiger partial charge in [0.05, 0.1) is 13.0 Å². The van der Waals surface area contributed by atoms with Crippen molar-refractivity contribution in [3.05, 3.63) is 0 Å². The molecule has 0 atom stereocenters. The van der Waals surface area contributed by atoms with Crippen LogP contribution >= 0.6 is 0 Å². The predicted molar refractivity (Wildman–Crippen MR) is 55.3 cm³/mol. The molecule has 0 saturated carbocycles. The molecule has 0 rings (SSSR count). The summed E-state index contributed by atoms with van der Waals surface area (Å²) in [6.07, 6.45) is 3.02. The van der Waals surface area contributed by atoms with Crippen molar-refractivity contribution in [2.45, 2.75) is 46.0 Å². The molecule has 0 amide bonds. The highest BCUT2D eigenvalue weighted by molar-refractivity contribution is 5.98. The minimum Gasteiger partial charge on any atom is -0.381 e. The zero-order valence-corrected chi connectivity index (χ0v) is 9.17. The second-order valence-electron chi connectivity index (χ2n) is 3.32. The van der Waals surface area contributed by atoms with Crippen LogP contribution in [0.15, 0.2) is 0 Å². The average molecular weight is 200 g/mol. The van der Waals surface area contributed by atoms with Crippen LogP contribution in [-0.2, 0) is 14.3 Å². The molecule has 0 radical (unpaired) electrons. The van der Waals surface area contributed by atoms with E-state index in [0.29, 0.717) is 26.1 Å². The molecule has 3 heteroatoms. The van der Waals surface area contributed by atoms with E-state index in [1.165, 1.54) is 0 Å². The molecule has 0 spiro atoms. The van der Waals surface area contributed by atoms with Crippen LogP contribution in [0.1, 0.15) is 46.0 Å². The molecule has 82 valence electrons. The van der Waals surface area contributed by atoms with Crippen molar-refractivity contribution in [1.82, 2.24) is 0 Å². The van der Waals surface area contributed by atoms with Crippen molar-refractivity contribution in [1.29, 1.82) is 0 Å². The summed E-state index contributed by atoms with van der Waals surface area (Å²) in [6, 6.07) is 0. The Kier molecular flexibility index (Phi) is 8.43. The van der Waals surface area contributed by atoms with E-state index in [4.69, 9.17) is 4.74 Å². The van der Waals surface area contributed by atoms with Gasteiger partial charge < -0.3 is 4.74 Å². The number of ether oxygens (including phenoxy) is 1. The van der Waals surface area contributed by atoms with E-state index in [-0.39, 0.29) is 18.0 Å². The first-order valence-corrected chi connectivity index (χ1v) is 5.31. The highest BCUT2D eigenvalue weighted by Crippen LogP contribution is 1.96.